The van der Waals surface area contributed by atoms with Gasteiger partial charge in [-0.2, -0.15) is 0 Å². The average molecular weight is 371 g/mol. The summed E-state index contributed by atoms with van der Waals surface area (Å²) in [5, 5.41) is 4.25. The van der Waals surface area contributed by atoms with Crippen molar-refractivity contribution in [1.29, 1.82) is 0 Å². The van der Waals surface area contributed by atoms with Crippen LogP contribution in [0.25, 0.3) is 10.9 Å². The van der Waals surface area contributed by atoms with Crippen molar-refractivity contribution in [2.24, 2.45) is 0 Å². The van der Waals surface area contributed by atoms with E-state index in [1.54, 1.807) is 25.4 Å². The van der Waals surface area contributed by atoms with Gasteiger partial charge in [0.05, 0.1) is 12.1 Å². The van der Waals surface area contributed by atoms with E-state index in [4.69, 9.17) is 21.1 Å². The molecule has 1 aromatic heterocycles. The molecule has 26 heavy (non-hydrogen) atoms. The number of aromatic nitrogens is 1. The highest BCUT2D eigenvalue weighted by Gasteiger charge is 2.09. The molecule has 2 aromatic carbocycles. The van der Waals surface area contributed by atoms with Gasteiger partial charge in [0.2, 0.25) is 0 Å². The Labute approximate surface area is 156 Å². The lowest BCUT2D eigenvalue weighted by atomic mass is 10.1. The van der Waals surface area contributed by atoms with Crippen LogP contribution in [0.4, 0.5) is 0 Å². The van der Waals surface area contributed by atoms with E-state index in [2.05, 4.69) is 10.3 Å². The first-order valence-electron chi connectivity index (χ1n) is 8.23. The van der Waals surface area contributed by atoms with E-state index < -0.39 is 0 Å². The lowest BCUT2D eigenvalue weighted by Crippen LogP contribution is -2.30. The van der Waals surface area contributed by atoms with E-state index in [-0.39, 0.29) is 12.5 Å². The molecule has 0 aliphatic rings. The highest BCUT2D eigenvalue weighted by Crippen LogP contribution is 2.29. The van der Waals surface area contributed by atoms with E-state index in [1.165, 1.54) is 0 Å². The molecule has 0 radical (unpaired) electrons. The number of methoxy groups -OCH3 is 1. The summed E-state index contributed by atoms with van der Waals surface area (Å²) < 4.78 is 10.7. The van der Waals surface area contributed by atoms with Gasteiger partial charge in [-0.15, -0.1) is 0 Å². The average Bonchev–Trinajstić information content (AvgIpc) is 2.68. The predicted octanol–water partition coefficient (Wildman–Crippen LogP) is 3.63. The first-order valence-corrected chi connectivity index (χ1v) is 8.61. The lowest BCUT2D eigenvalue weighted by molar-refractivity contribution is -0.123. The second kappa shape index (κ2) is 8.54. The number of nitrogens with one attached hydrogen (secondary N) is 1. The Balaban J connectivity index is 1.50. The second-order valence-electron chi connectivity index (χ2n) is 5.68. The topological polar surface area (TPSA) is 60.5 Å². The van der Waals surface area contributed by atoms with Crippen molar-refractivity contribution in [1.82, 2.24) is 10.3 Å². The monoisotopic (exact) mass is 370 g/mol. The summed E-state index contributed by atoms with van der Waals surface area (Å²) in [5.74, 6) is 1.17. The van der Waals surface area contributed by atoms with Gasteiger partial charge in [0.1, 0.15) is 17.0 Å². The van der Waals surface area contributed by atoms with Gasteiger partial charge in [0.15, 0.2) is 6.61 Å². The quantitative estimate of drug-likeness (QED) is 0.689. The molecule has 0 atom stereocenters. The summed E-state index contributed by atoms with van der Waals surface area (Å²) in [5.41, 5.74) is 1.77. The number of amides is 1. The number of fused-ring (bicyclic) bond motifs is 1. The van der Waals surface area contributed by atoms with Crippen molar-refractivity contribution < 1.29 is 14.3 Å². The Hall–Kier alpha value is -2.79. The third kappa shape index (κ3) is 4.43. The first kappa shape index (κ1) is 18.0. The number of hydrogen-bond acceptors (Lipinski definition) is 4. The maximum Gasteiger partial charge on any atom is 0.257 e. The molecule has 5 nitrogen and oxygen atoms in total. The van der Waals surface area contributed by atoms with Crippen molar-refractivity contribution in [3.8, 4) is 11.5 Å². The maximum atomic E-state index is 12.0. The normalized spacial score (nSPS) is 10.5. The van der Waals surface area contributed by atoms with E-state index >= 15 is 0 Å². The number of halogens is 1. The number of benzene rings is 2. The van der Waals surface area contributed by atoms with Gasteiger partial charge in [0, 0.05) is 18.1 Å². The summed E-state index contributed by atoms with van der Waals surface area (Å²) in [6.07, 6.45) is 2.40. The van der Waals surface area contributed by atoms with Crippen LogP contribution in [0.15, 0.2) is 54.7 Å². The summed E-state index contributed by atoms with van der Waals surface area (Å²) in [6, 6.07) is 14.9. The molecular weight excluding hydrogens is 352 g/mol. The van der Waals surface area contributed by atoms with Gasteiger partial charge in [-0.3, -0.25) is 9.78 Å². The van der Waals surface area contributed by atoms with Gasteiger partial charge < -0.3 is 14.8 Å². The fraction of sp³-hybridized carbons (Fsp3) is 0.200. The van der Waals surface area contributed by atoms with Crippen LogP contribution in [-0.4, -0.2) is 31.2 Å². The molecule has 0 aliphatic carbocycles. The molecule has 6 heteroatoms. The van der Waals surface area contributed by atoms with Crippen LogP contribution in [-0.2, 0) is 11.2 Å². The van der Waals surface area contributed by atoms with Crippen LogP contribution >= 0.6 is 11.6 Å². The molecule has 3 aromatic rings. The Morgan fingerprint density at radius 3 is 2.73 bits per heavy atom. The van der Waals surface area contributed by atoms with Crippen molar-refractivity contribution >= 4 is 28.4 Å². The first-order chi connectivity index (χ1) is 12.7. The van der Waals surface area contributed by atoms with Gasteiger partial charge >= 0.3 is 0 Å². The zero-order chi connectivity index (χ0) is 18.4. The number of carbonyl (C=O) groups is 1. The third-order valence-corrected chi connectivity index (χ3v) is 4.26. The number of hydrogen-bond donors (Lipinski definition) is 1. The predicted molar refractivity (Wildman–Crippen MR) is 102 cm³/mol. The minimum atomic E-state index is -0.183. The summed E-state index contributed by atoms with van der Waals surface area (Å²) in [4.78, 5) is 16.3. The Morgan fingerprint density at radius 1 is 1.15 bits per heavy atom. The number of nitrogens with zero attached hydrogens (tertiary/aromatic N) is 1. The minimum Gasteiger partial charge on any atom is -0.497 e. The molecular formula is C20H19ClN2O3. The Morgan fingerprint density at radius 2 is 1.96 bits per heavy atom. The van der Waals surface area contributed by atoms with E-state index in [1.807, 2.05) is 36.4 Å². The fourth-order valence-corrected chi connectivity index (χ4v) is 2.78. The molecule has 1 heterocycles. The molecule has 134 valence electrons. The fourth-order valence-electron chi connectivity index (χ4n) is 2.56. The second-order valence-corrected chi connectivity index (χ2v) is 6.09. The number of rotatable bonds is 7. The molecule has 0 spiro atoms. The van der Waals surface area contributed by atoms with E-state index in [9.17, 15) is 4.79 Å². The lowest BCUT2D eigenvalue weighted by Gasteiger charge is -2.10. The van der Waals surface area contributed by atoms with Crippen LogP contribution in [0.5, 0.6) is 11.5 Å². The molecule has 0 aliphatic heterocycles. The molecule has 0 fully saturated rings. The molecule has 3 rings (SSSR count). The summed E-state index contributed by atoms with van der Waals surface area (Å²) >= 11 is 6.15. The molecule has 1 amide bonds. The van der Waals surface area contributed by atoms with Gasteiger partial charge in [-0.05, 0) is 48.4 Å². The molecule has 0 unspecified atom stereocenters. The van der Waals surface area contributed by atoms with E-state index in [0.717, 1.165) is 23.1 Å². The highest BCUT2D eigenvalue weighted by molar-refractivity contribution is 6.35. The summed E-state index contributed by atoms with van der Waals surface area (Å²) in [6.45, 7) is 0.462. The molecule has 1 N–H and O–H groups in total. The third-order valence-electron chi connectivity index (χ3n) is 3.93. The van der Waals surface area contributed by atoms with Crippen LogP contribution in [0, 0.1) is 0 Å². The van der Waals surface area contributed by atoms with Crippen molar-refractivity contribution in [3.63, 3.8) is 0 Å². The zero-order valence-electron chi connectivity index (χ0n) is 14.4. The number of ether oxygens (including phenoxy) is 2. The van der Waals surface area contributed by atoms with Gasteiger partial charge in [-0.1, -0.05) is 23.7 Å². The number of pyridine rings is 1. The molecule has 0 bridgehead atoms. The van der Waals surface area contributed by atoms with Gasteiger partial charge in [0.25, 0.3) is 5.91 Å². The minimum absolute atomic E-state index is 0.0735. The Bertz CT molecular complexity index is 897. The smallest absolute Gasteiger partial charge is 0.257 e. The Kier molecular flexibility index (Phi) is 5.92. The highest BCUT2D eigenvalue weighted by atomic mass is 35.5. The van der Waals surface area contributed by atoms with Crippen molar-refractivity contribution in [2.75, 3.05) is 20.3 Å². The van der Waals surface area contributed by atoms with Crippen LogP contribution in [0.2, 0.25) is 5.02 Å². The van der Waals surface area contributed by atoms with Crippen LogP contribution in [0.1, 0.15) is 5.56 Å². The van der Waals surface area contributed by atoms with Crippen molar-refractivity contribution in [2.45, 2.75) is 6.42 Å². The molecule has 0 saturated carbocycles. The van der Waals surface area contributed by atoms with Crippen LogP contribution < -0.4 is 14.8 Å². The summed E-state index contributed by atoms with van der Waals surface area (Å²) in [7, 11) is 1.63. The molecule has 0 saturated heterocycles. The van der Waals surface area contributed by atoms with Gasteiger partial charge in [-0.25, -0.2) is 0 Å². The largest absolute Gasteiger partial charge is 0.497 e. The van der Waals surface area contributed by atoms with E-state index in [0.29, 0.717) is 22.8 Å². The number of carbonyl (C=O) groups excluding carboxylic acids is 1. The zero-order valence-corrected chi connectivity index (χ0v) is 15.1. The maximum absolute atomic E-state index is 12.0. The van der Waals surface area contributed by atoms with Crippen LogP contribution in [0.3, 0.4) is 0 Å². The standard InChI is InChI=1S/C20H19ClN2O3/c1-25-15-6-4-14(5-7-15)10-12-22-19(24)13-26-18-9-8-17(21)16-3-2-11-23-20(16)18/h2-9,11H,10,12-13H2,1H3,(H,22,24). The van der Waals surface area contributed by atoms with Crippen molar-refractivity contribution in [3.05, 3.63) is 65.3 Å². The SMILES string of the molecule is COc1ccc(CCNC(=O)COc2ccc(Cl)c3cccnc23)cc1.